The van der Waals surface area contributed by atoms with Gasteiger partial charge in [0, 0.05) is 12.8 Å². The van der Waals surface area contributed by atoms with Crippen LogP contribution in [0.3, 0.4) is 0 Å². The van der Waals surface area contributed by atoms with E-state index in [1.807, 2.05) is 6.92 Å². The van der Waals surface area contributed by atoms with E-state index in [1.165, 1.54) is 0 Å². The van der Waals surface area contributed by atoms with Crippen LogP contribution in [-0.2, 0) is 14.4 Å². The van der Waals surface area contributed by atoms with Gasteiger partial charge in [0.2, 0.25) is 5.91 Å². The second-order valence-electron chi connectivity index (χ2n) is 4.82. The van der Waals surface area contributed by atoms with Crippen molar-refractivity contribution in [3.63, 3.8) is 0 Å². The molecular weight excluding hydrogens is 246 g/mol. The third-order valence-electron chi connectivity index (χ3n) is 3.22. The minimum Gasteiger partial charge on any atom is -0.480 e. The lowest BCUT2D eigenvalue weighted by atomic mass is 9.95. The summed E-state index contributed by atoms with van der Waals surface area (Å²) in [5.41, 5.74) is 0. The lowest BCUT2D eigenvalue weighted by Gasteiger charge is -2.17. The molecule has 0 radical (unpaired) electrons. The van der Waals surface area contributed by atoms with Crippen LogP contribution < -0.4 is 5.32 Å². The van der Waals surface area contributed by atoms with E-state index in [0.717, 1.165) is 25.7 Å². The van der Waals surface area contributed by atoms with Gasteiger partial charge in [0.1, 0.15) is 12.3 Å². The number of nitrogens with one attached hydrogen (secondary N) is 1. The molecule has 0 unspecified atom stereocenters. The SMILES string of the molecule is CCCC[C@H](CC)CC(=O)N[C@H](CCC=O)C(=O)O. The largest absolute Gasteiger partial charge is 0.480 e. The molecular formula is C14H25NO4. The van der Waals surface area contributed by atoms with E-state index in [0.29, 0.717) is 18.6 Å². The minimum absolute atomic E-state index is 0.143. The van der Waals surface area contributed by atoms with Crippen LogP contribution in [0, 0.1) is 5.92 Å². The first-order valence-electron chi connectivity index (χ1n) is 7.00. The molecule has 19 heavy (non-hydrogen) atoms. The van der Waals surface area contributed by atoms with E-state index < -0.39 is 12.0 Å². The van der Waals surface area contributed by atoms with E-state index in [2.05, 4.69) is 12.2 Å². The standard InChI is InChI=1S/C14H25NO4/c1-3-5-7-11(4-2)10-13(17)15-12(14(18)19)8-6-9-16/h9,11-12H,3-8,10H2,1-2H3,(H,15,17)(H,18,19)/t11-,12+/m0/s1. The monoisotopic (exact) mass is 271 g/mol. The van der Waals surface area contributed by atoms with E-state index in [-0.39, 0.29) is 18.7 Å². The molecule has 2 atom stereocenters. The number of unbranched alkanes of at least 4 members (excludes halogenated alkanes) is 1. The molecule has 0 saturated carbocycles. The summed E-state index contributed by atoms with van der Waals surface area (Å²) >= 11 is 0. The molecule has 0 aromatic carbocycles. The van der Waals surface area contributed by atoms with Crippen LogP contribution in [0.5, 0.6) is 0 Å². The number of aliphatic carboxylic acids is 1. The Bertz CT molecular complexity index is 291. The number of amides is 1. The quantitative estimate of drug-likeness (QED) is 0.564. The van der Waals surface area contributed by atoms with Crippen LogP contribution >= 0.6 is 0 Å². The first-order valence-corrected chi connectivity index (χ1v) is 7.00. The maximum atomic E-state index is 11.8. The van der Waals surface area contributed by atoms with Crippen molar-refractivity contribution in [3.05, 3.63) is 0 Å². The van der Waals surface area contributed by atoms with Crippen molar-refractivity contribution in [2.75, 3.05) is 0 Å². The topological polar surface area (TPSA) is 83.5 Å². The zero-order chi connectivity index (χ0) is 14.7. The van der Waals surface area contributed by atoms with Gasteiger partial charge in [0.05, 0.1) is 0 Å². The molecule has 0 heterocycles. The first kappa shape index (κ1) is 17.6. The van der Waals surface area contributed by atoms with Gasteiger partial charge in [-0.15, -0.1) is 0 Å². The zero-order valence-electron chi connectivity index (χ0n) is 11.9. The Morgan fingerprint density at radius 2 is 1.95 bits per heavy atom. The fourth-order valence-electron chi connectivity index (χ4n) is 1.95. The molecule has 0 aromatic rings. The highest BCUT2D eigenvalue weighted by atomic mass is 16.4. The highest BCUT2D eigenvalue weighted by Crippen LogP contribution is 2.16. The molecule has 0 saturated heterocycles. The summed E-state index contributed by atoms with van der Waals surface area (Å²) in [5, 5.41) is 11.4. The summed E-state index contributed by atoms with van der Waals surface area (Å²) in [6, 6.07) is -0.957. The number of hydrogen-bond donors (Lipinski definition) is 2. The lowest BCUT2D eigenvalue weighted by molar-refractivity contribution is -0.142. The number of carboxylic acids is 1. The zero-order valence-corrected chi connectivity index (χ0v) is 11.9. The Morgan fingerprint density at radius 3 is 2.42 bits per heavy atom. The molecule has 5 nitrogen and oxygen atoms in total. The fraction of sp³-hybridized carbons (Fsp3) is 0.786. The van der Waals surface area contributed by atoms with E-state index in [4.69, 9.17) is 5.11 Å². The fourth-order valence-corrected chi connectivity index (χ4v) is 1.95. The molecule has 0 rings (SSSR count). The number of carbonyl (C=O) groups is 3. The summed E-state index contributed by atoms with van der Waals surface area (Å²) in [7, 11) is 0. The Balaban J connectivity index is 4.22. The van der Waals surface area contributed by atoms with E-state index in [9.17, 15) is 14.4 Å². The van der Waals surface area contributed by atoms with Crippen LogP contribution in [0.2, 0.25) is 0 Å². The average Bonchev–Trinajstić information content (AvgIpc) is 2.38. The van der Waals surface area contributed by atoms with Crippen LogP contribution in [0.4, 0.5) is 0 Å². The van der Waals surface area contributed by atoms with Gasteiger partial charge in [-0.3, -0.25) is 4.79 Å². The molecule has 0 aliphatic carbocycles. The Hall–Kier alpha value is -1.39. The lowest BCUT2D eigenvalue weighted by Crippen LogP contribution is -2.41. The van der Waals surface area contributed by atoms with Gasteiger partial charge in [-0.1, -0.05) is 33.1 Å². The van der Waals surface area contributed by atoms with Crippen molar-refractivity contribution in [3.8, 4) is 0 Å². The van der Waals surface area contributed by atoms with Crippen LogP contribution in [0.25, 0.3) is 0 Å². The Kier molecular flexibility index (Phi) is 9.75. The highest BCUT2D eigenvalue weighted by Gasteiger charge is 2.20. The maximum Gasteiger partial charge on any atom is 0.326 e. The van der Waals surface area contributed by atoms with Gasteiger partial charge < -0.3 is 15.2 Å². The van der Waals surface area contributed by atoms with Gasteiger partial charge in [-0.2, -0.15) is 0 Å². The predicted molar refractivity (Wildman–Crippen MR) is 72.8 cm³/mol. The van der Waals surface area contributed by atoms with Crippen LogP contribution in [-0.4, -0.2) is 29.3 Å². The molecule has 0 aliphatic heterocycles. The summed E-state index contributed by atoms with van der Waals surface area (Å²) in [4.78, 5) is 33.0. The summed E-state index contributed by atoms with van der Waals surface area (Å²) in [6.07, 6.45) is 5.40. The first-order chi connectivity index (χ1) is 9.04. The molecule has 0 fully saturated rings. The van der Waals surface area contributed by atoms with E-state index in [1.54, 1.807) is 0 Å². The average molecular weight is 271 g/mol. The number of hydrogen-bond acceptors (Lipinski definition) is 3. The summed E-state index contributed by atoms with van der Waals surface area (Å²) in [6.45, 7) is 4.14. The highest BCUT2D eigenvalue weighted by molar-refractivity contribution is 5.83. The van der Waals surface area contributed by atoms with Crippen molar-refractivity contribution in [2.45, 2.75) is 64.8 Å². The molecule has 0 spiro atoms. The second kappa shape index (κ2) is 10.5. The molecule has 2 N–H and O–H groups in total. The van der Waals surface area contributed by atoms with Crippen LogP contribution in [0.1, 0.15) is 58.8 Å². The number of carbonyl (C=O) groups excluding carboxylic acids is 2. The minimum atomic E-state index is -1.09. The van der Waals surface area contributed by atoms with Crippen molar-refractivity contribution >= 4 is 18.2 Å². The molecule has 110 valence electrons. The van der Waals surface area contributed by atoms with E-state index >= 15 is 0 Å². The van der Waals surface area contributed by atoms with Gasteiger partial charge in [-0.05, 0) is 18.8 Å². The predicted octanol–water partition coefficient (Wildman–Crippen LogP) is 2.14. The smallest absolute Gasteiger partial charge is 0.326 e. The molecule has 0 aromatic heterocycles. The third-order valence-corrected chi connectivity index (χ3v) is 3.22. The Morgan fingerprint density at radius 1 is 1.26 bits per heavy atom. The summed E-state index contributed by atoms with van der Waals surface area (Å²) < 4.78 is 0. The van der Waals surface area contributed by atoms with Crippen molar-refractivity contribution < 1.29 is 19.5 Å². The summed E-state index contributed by atoms with van der Waals surface area (Å²) in [5.74, 6) is -1.02. The molecule has 1 amide bonds. The molecule has 0 bridgehead atoms. The maximum absolute atomic E-state index is 11.8. The second-order valence-corrected chi connectivity index (χ2v) is 4.82. The normalized spacial score (nSPS) is 13.6. The Labute approximate surface area is 114 Å². The van der Waals surface area contributed by atoms with Crippen LogP contribution in [0.15, 0.2) is 0 Å². The van der Waals surface area contributed by atoms with Gasteiger partial charge in [0.15, 0.2) is 0 Å². The molecule has 5 heteroatoms. The number of rotatable bonds is 11. The third kappa shape index (κ3) is 8.35. The van der Waals surface area contributed by atoms with Crippen molar-refractivity contribution in [2.24, 2.45) is 5.92 Å². The van der Waals surface area contributed by atoms with Crippen molar-refractivity contribution in [1.29, 1.82) is 0 Å². The van der Waals surface area contributed by atoms with Gasteiger partial charge in [0.25, 0.3) is 0 Å². The molecule has 0 aliphatic rings. The van der Waals surface area contributed by atoms with Gasteiger partial charge >= 0.3 is 5.97 Å². The number of aldehydes is 1. The van der Waals surface area contributed by atoms with Gasteiger partial charge in [-0.25, -0.2) is 4.79 Å². The number of carboxylic acid groups (broad SMARTS) is 1. The van der Waals surface area contributed by atoms with Crippen molar-refractivity contribution in [1.82, 2.24) is 5.32 Å².